The summed E-state index contributed by atoms with van der Waals surface area (Å²) in [4.78, 5) is 22.2. The molecule has 0 aliphatic heterocycles. The van der Waals surface area contributed by atoms with Gasteiger partial charge >= 0.3 is 12.2 Å². The largest absolute Gasteiger partial charge is 0.465 e. The number of alkyl carbamates (subject to hydrolysis) is 1. The third kappa shape index (κ3) is 4.37. The molecule has 0 fully saturated rings. The van der Waals surface area contributed by atoms with Gasteiger partial charge in [-0.1, -0.05) is 57.5 Å². The molecule has 0 atom stereocenters. The van der Waals surface area contributed by atoms with Crippen LogP contribution in [0.4, 0.5) is 9.59 Å². The van der Waals surface area contributed by atoms with Crippen molar-refractivity contribution < 1.29 is 19.4 Å². The van der Waals surface area contributed by atoms with Gasteiger partial charge in [-0.25, -0.2) is 14.9 Å². The number of carbonyl (C=O) groups excluding carboxylic acids is 1. The predicted molar refractivity (Wildman–Crippen MR) is 77.7 cm³/mol. The number of imide groups is 1. The van der Waals surface area contributed by atoms with Gasteiger partial charge in [-0.15, -0.1) is 0 Å². The summed E-state index contributed by atoms with van der Waals surface area (Å²) in [5, 5.41) is 11.0. The van der Waals surface area contributed by atoms with Crippen molar-refractivity contribution in [3.05, 3.63) is 0 Å². The second-order valence-electron chi connectivity index (χ2n) is 6.59. The lowest BCUT2D eigenvalue weighted by Gasteiger charge is -2.52. The van der Waals surface area contributed by atoms with Gasteiger partial charge in [-0.2, -0.15) is 0 Å². The Morgan fingerprint density at radius 3 is 1.79 bits per heavy atom. The van der Waals surface area contributed by atoms with Crippen molar-refractivity contribution in [1.29, 1.82) is 0 Å². The molecule has 0 heterocycles. The van der Waals surface area contributed by atoms with Crippen LogP contribution in [0.25, 0.3) is 0 Å². The molecule has 19 heavy (non-hydrogen) atoms. The van der Waals surface area contributed by atoms with Crippen molar-refractivity contribution >= 4 is 28.1 Å². The molecule has 0 rings (SSSR count). The van der Waals surface area contributed by atoms with Crippen molar-refractivity contribution in [2.24, 2.45) is 10.8 Å². The van der Waals surface area contributed by atoms with E-state index in [0.29, 0.717) is 11.8 Å². The highest BCUT2D eigenvalue weighted by Crippen LogP contribution is 2.49. The quantitative estimate of drug-likeness (QED) is 0.763. The number of carbonyl (C=O) groups is 2. The minimum absolute atomic E-state index is 0.338. The van der Waals surface area contributed by atoms with Crippen molar-refractivity contribution in [1.82, 2.24) is 5.32 Å². The maximum Gasteiger partial charge on any atom is 0.417 e. The second kappa shape index (κ2) is 6.11. The number of rotatable bonds is 3. The molecule has 0 aliphatic rings. The molecule has 5 nitrogen and oxygen atoms in total. The van der Waals surface area contributed by atoms with Crippen LogP contribution in [0.3, 0.4) is 0 Å². The number of hydrogen-bond donors (Lipinski definition) is 2. The molecule has 0 saturated heterocycles. The molecular formula is C13H24BrNO4. The first kappa shape index (κ1) is 18.2. The van der Waals surface area contributed by atoms with Gasteiger partial charge in [-0.05, 0) is 6.42 Å². The highest BCUT2D eigenvalue weighted by atomic mass is 79.9. The zero-order valence-electron chi connectivity index (χ0n) is 12.5. The van der Waals surface area contributed by atoms with Crippen LogP contribution in [-0.2, 0) is 4.74 Å². The SMILES string of the molecule is CC(C)(C)C(CCBr)(OC(=O)NC(=O)O)C(C)(C)C. The summed E-state index contributed by atoms with van der Waals surface area (Å²) in [5.41, 5.74) is -1.47. The van der Waals surface area contributed by atoms with Crippen LogP contribution in [0, 0.1) is 10.8 Å². The molecule has 0 aromatic heterocycles. The molecule has 0 saturated carbocycles. The number of amides is 2. The van der Waals surface area contributed by atoms with E-state index < -0.39 is 17.8 Å². The van der Waals surface area contributed by atoms with E-state index in [-0.39, 0.29) is 10.8 Å². The number of nitrogens with one attached hydrogen (secondary N) is 1. The zero-order valence-corrected chi connectivity index (χ0v) is 14.1. The molecule has 0 aromatic carbocycles. The predicted octanol–water partition coefficient (Wildman–Crippen LogP) is 4.01. The highest BCUT2D eigenvalue weighted by molar-refractivity contribution is 9.09. The third-order valence-electron chi connectivity index (χ3n) is 3.35. The lowest BCUT2D eigenvalue weighted by Crippen LogP contribution is -2.57. The third-order valence-corrected chi connectivity index (χ3v) is 3.74. The topological polar surface area (TPSA) is 75.6 Å². The van der Waals surface area contributed by atoms with Crippen LogP contribution >= 0.6 is 15.9 Å². The first-order valence-corrected chi connectivity index (χ1v) is 7.28. The van der Waals surface area contributed by atoms with Crippen molar-refractivity contribution in [2.75, 3.05) is 5.33 Å². The lowest BCUT2D eigenvalue weighted by atomic mass is 9.61. The molecule has 0 bridgehead atoms. The molecule has 6 heteroatoms. The Kier molecular flexibility index (Phi) is 5.86. The zero-order chi connectivity index (χ0) is 15.5. The fourth-order valence-electron chi connectivity index (χ4n) is 2.64. The molecule has 112 valence electrons. The molecule has 0 radical (unpaired) electrons. The fourth-order valence-corrected chi connectivity index (χ4v) is 3.19. The fraction of sp³-hybridized carbons (Fsp3) is 0.846. The Bertz CT molecular complexity index is 328. The summed E-state index contributed by atoms with van der Waals surface area (Å²) in [5.74, 6) is 0. The molecule has 2 amide bonds. The van der Waals surface area contributed by atoms with Gasteiger partial charge in [-0.3, -0.25) is 0 Å². The van der Waals surface area contributed by atoms with Crippen molar-refractivity contribution in [3.63, 3.8) is 0 Å². The van der Waals surface area contributed by atoms with Crippen LogP contribution in [0.1, 0.15) is 48.0 Å². The first-order valence-electron chi connectivity index (χ1n) is 6.16. The highest BCUT2D eigenvalue weighted by Gasteiger charge is 2.53. The number of carboxylic acid groups (broad SMARTS) is 1. The average Bonchev–Trinajstić information content (AvgIpc) is 2.11. The second-order valence-corrected chi connectivity index (χ2v) is 7.38. The smallest absolute Gasteiger partial charge is 0.417 e. The van der Waals surface area contributed by atoms with Crippen LogP contribution in [-0.4, -0.2) is 28.2 Å². The van der Waals surface area contributed by atoms with Gasteiger partial charge in [0, 0.05) is 16.2 Å². The Hall–Kier alpha value is -0.780. The summed E-state index contributed by atoms with van der Waals surface area (Å²) in [6, 6.07) is 0. The van der Waals surface area contributed by atoms with Crippen LogP contribution in [0.15, 0.2) is 0 Å². The summed E-state index contributed by atoms with van der Waals surface area (Å²) in [7, 11) is 0. The van der Waals surface area contributed by atoms with E-state index >= 15 is 0 Å². The van der Waals surface area contributed by atoms with E-state index in [0.717, 1.165) is 0 Å². The molecule has 0 spiro atoms. The number of hydrogen-bond acceptors (Lipinski definition) is 3. The van der Waals surface area contributed by atoms with Crippen molar-refractivity contribution in [2.45, 2.75) is 53.6 Å². The van der Waals surface area contributed by atoms with Gasteiger partial charge in [0.1, 0.15) is 5.60 Å². The molecule has 0 aromatic rings. The minimum Gasteiger partial charge on any atom is -0.465 e. The van der Waals surface area contributed by atoms with Gasteiger partial charge in [0.15, 0.2) is 0 Å². The Balaban J connectivity index is 5.49. The minimum atomic E-state index is -1.42. The van der Waals surface area contributed by atoms with E-state index in [1.807, 2.05) is 41.5 Å². The van der Waals surface area contributed by atoms with Gasteiger partial charge in [0.25, 0.3) is 0 Å². The first-order chi connectivity index (χ1) is 8.37. The summed E-state index contributed by atoms with van der Waals surface area (Å²) >= 11 is 3.38. The maximum absolute atomic E-state index is 11.7. The number of halogens is 1. The van der Waals surface area contributed by atoms with Crippen molar-refractivity contribution in [3.8, 4) is 0 Å². The summed E-state index contributed by atoms with van der Waals surface area (Å²) < 4.78 is 5.56. The molecular weight excluding hydrogens is 314 g/mol. The summed E-state index contributed by atoms with van der Waals surface area (Å²) in [6.07, 6.45) is -1.76. The van der Waals surface area contributed by atoms with Gasteiger partial charge in [0.2, 0.25) is 0 Å². The number of ether oxygens (including phenoxy) is 1. The Morgan fingerprint density at radius 2 is 1.53 bits per heavy atom. The Morgan fingerprint density at radius 1 is 1.11 bits per heavy atom. The van der Waals surface area contributed by atoms with E-state index in [1.165, 1.54) is 0 Å². The van der Waals surface area contributed by atoms with Crippen LogP contribution in [0.2, 0.25) is 0 Å². The summed E-state index contributed by atoms with van der Waals surface area (Å²) in [6.45, 7) is 11.9. The normalized spacial score (nSPS) is 13.0. The van der Waals surface area contributed by atoms with E-state index in [1.54, 1.807) is 5.32 Å². The maximum atomic E-state index is 11.7. The van der Waals surface area contributed by atoms with E-state index in [2.05, 4.69) is 15.9 Å². The monoisotopic (exact) mass is 337 g/mol. The average molecular weight is 338 g/mol. The lowest BCUT2D eigenvalue weighted by molar-refractivity contribution is -0.140. The van der Waals surface area contributed by atoms with E-state index in [9.17, 15) is 9.59 Å². The Labute approximate surface area is 123 Å². The molecule has 0 unspecified atom stereocenters. The van der Waals surface area contributed by atoms with Gasteiger partial charge in [0.05, 0.1) is 0 Å². The standard InChI is InChI=1S/C13H24BrNO4/c1-11(2,3)13(7-8-14,12(4,5)6)19-10(18)15-9(16)17/h7-8H2,1-6H3,(H,15,18)(H,16,17). The van der Waals surface area contributed by atoms with E-state index in [4.69, 9.17) is 9.84 Å². The van der Waals surface area contributed by atoms with Gasteiger partial charge < -0.3 is 9.84 Å². The molecule has 0 aliphatic carbocycles. The molecule has 2 N–H and O–H groups in total. The van der Waals surface area contributed by atoms with Crippen LogP contribution < -0.4 is 5.32 Å². The van der Waals surface area contributed by atoms with Crippen LogP contribution in [0.5, 0.6) is 0 Å². The number of alkyl halides is 1.